The Morgan fingerprint density at radius 3 is 2.78 bits per heavy atom. The smallest absolute Gasteiger partial charge is 0.349 e. The predicted molar refractivity (Wildman–Crippen MR) is 58.1 cm³/mol. The van der Waals surface area contributed by atoms with Gasteiger partial charge in [-0.15, -0.1) is 0 Å². The Morgan fingerprint density at radius 1 is 1.61 bits per heavy atom. The number of anilines is 1. The Kier molecular flexibility index (Phi) is 3.07. The Bertz CT molecular complexity index is 505. The number of aromatic nitrogens is 2. The van der Waals surface area contributed by atoms with Crippen molar-refractivity contribution in [3.05, 3.63) is 22.7 Å². The number of aliphatic hydroxyl groups excluding tert-OH is 2. The molecule has 2 rings (SSSR count). The van der Waals surface area contributed by atoms with Gasteiger partial charge in [0.05, 0.1) is 0 Å². The van der Waals surface area contributed by atoms with Crippen molar-refractivity contribution in [2.45, 2.75) is 24.5 Å². The van der Waals surface area contributed by atoms with Crippen molar-refractivity contribution in [1.29, 1.82) is 0 Å². The van der Waals surface area contributed by atoms with E-state index in [-0.39, 0.29) is 12.2 Å². The van der Waals surface area contributed by atoms with Crippen LogP contribution in [0.15, 0.2) is 17.1 Å². The van der Waals surface area contributed by atoms with Gasteiger partial charge >= 0.3 is 5.69 Å². The first-order valence-electron chi connectivity index (χ1n) is 5.39. The number of nitrogen functional groups attached to an aromatic ring is 1. The van der Waals surface area contributed by atoms with E-state index in [1.54, 1.807) is 0 Å². The summed E-state index contributed by atoms with van der Waals surface area (Å²) in [7, 11) is 0. The summed E-state index contributed by atoms with van der Waals surface area (Å²) < 4.78 is 28.4. The molecule has 1 fully saturated rings. The normalized spacial score (nSPS) is 30.6. The van der Waals surface area contributed by atoms with Crippen LogP contribution in [0.3, 0.4) is 0 Å². The number of rotatable bonds is 2. The number of aliphatic hydroxyl groups is 2. The molecule has 4 N–H and O–H groups in total. The molecule has 1 saturated carbocycles. The predicted octanol–water partition coefficient (Wildman–Crippen LogP) is -0.625. The highest BCUT2D eigenvalue weighted by Crippen LogP contribution is 2.46. The maximum atomic E-state index is 13.8. The van der Waals surface area contributed by atoms with Gasteiger partial charge in [-0.1, -0.05) is 0 Å². The van der Waals surface area contributed by atoms with Gasteiger partial charge in [0.15, 0.2) is 0 Å². The van der Waals surface area contributed by atoms with Crippen LogP contribution in [0.25, 0.3) is 0 Å². The molecule has 0 radical (unpaired) electrons. The standard InChI is InChI=1S/C10H13F2N3O3/c11-10(12)6(3-5(4-16)8(10)17)15-2-1-7(13)14-9(15)18/h1-2,5-6,8,16-17H,3-4H2,(H2,13,14,18)/t5-,6-,8+/m1/s1. The molecule has 1 aromatic rings. The molecule has 1 aliphatic rings. The molecule has 3 atom stereocenters. The second kappa shape index (κ2) is 4.29. The first-order valence-corrected chi connectivity index (χ1v) is 5.39. The lowest BCUT2D eigenvalue weighted by Crippen LogP contribution is -2.40. The zero-order chi connectivity index (χ0) is 13.5. The van der Waals surface area contributed by atoms with E-state index < -0.39 is 36.3 Å². The molecule has 0 aromatic carbocycles. The van der Waals surface area contributed by atoms with Crippen molar-refractivity contribution in [1.82, 2.24) is 9.55 Å². The van der Waals surface area contributed by atoms with Crippen LogP contribution in [0.2, 0.25) is 0 Å². The Hall–Kier alpha value is -1.54. The number of hydrogen-bond donors (Lipinski definition) is 3. The minimum atomic E-state index is -3.49. The average Bonchev–Trinajstić information content (AvgIpc) is 2.52. The van der Waals surface area contributed by atoms with Gasteiger partial charge in [-0.3, -0.25) is 4.57 Å². The second-order valence-corrected chi connectivity index (χ2v) is 4.36. The minimum absolute atomic E-state index is 0.0585. The number of nitrogens with zero attached hydrogens (tertiary/aromatic N) is 2. The highest BCUT2D eigenvalue weighted by molar-refractivity contribution is 5.24. The summed E-state index contributed by atoms with van der Waals surface area (Å²) in [5.41, 5.74) is 4.38. The summed E-state index contributed by atoms with van der Waals surface area (Å²) in [4.78, 5) is 14.9. The fourth-order valence-electron chi connectivity index (χ4n) is 2.22. The molecule has 6 nitrogen and oxygen atoms in total. The van der Waals surface area contributed by atoms with E-state index in [4.69, 9.17) is 10.8 Å². The van der Waals surface area contributed by atoms with Crippen molar-refractivity contribution in [3.8, 4) is 0 Å². The largest absolute Gasteiger partial charge is 0.396 e. The van der Waals surface area contributed by atoms with Crippen molar-refractivity contribution < 1.29 is 19.0 Å². The quantitative estimate of drug-likeness (QED) is 0.658. The van der Waals surface area contributed by atoms with Crippen molar-refractivity contribution in [3.63, 3.8) is 0 Å². The van der Waals surface area contributed by atoms with Crippen LogP contribution in [0, 0.1) is 5.92 Å². The third kappa shape index (κ3) is 1.87. The second-order valence-electron chi connectivity index (χ2n) is 4.36. The van der Waals surface area contributed by atoms with Crippen LogP contribution in [-0.2, 0) is 0 Å². The molecule has 18 heavy (non-hydrogen) atoms. The number of halogens is 2. The number of hydrogen-bond acceptors (Lipinski definition) is 5. The molecule has 100 valence electrons. The summed E-state index contributed by atoms with van der Waals surface area (Å²) in [6.07, 6.45) is -1.05. The number of alkyl halides is 2. The minimum Gasteiger partial charge on any atom is -0.396 e. The summed E-state index contributed by atoms with van der Waals surface area (Å²) in [6, 6.07) is -0.291. The fourth-order valence-corrected chi connectivity index (χ4v) is 2.22. The third-order valence-electron chi connectivity index (χ3n) is 3.23. The maximum Gasteiger partial charge on any atom is 0.349 e. The Labute approximate surface area is 101 Å². The number of nitrogens with two attached hydrogens (primary N) is 1. The van der Waals surface area contributed by atoms with E-state index in [1.165, 1.54) is 6.07 Å². The van der Waals surface area contributed by atoms with Crippen LogP contribution in [0.1, 0.15) is 12.5 Å². The molecule has 1 aromatic heterocycles. The maximum absolute atomic E-state index is 13.8. The van der Waals surface area contributed by atoms with E-state index >= 15 is 0 Å². The lowest BCUT2D eigenvalue weighted by Gasteiger charge is -2.23. The van der Waals surface area contributed by atoms with Crippen molar-refractivity contribution >= 4 is 5.82 Å². The molecule has 0 saturated heterocycles. The molecule has 0 amide bonds. The van der Waals surface area contributed by atoms with Crippen LogP contribution < -0.4 is 11.4 Å². The van der Waals surface area contributed by atoms with Gasteiger partial charge < -0.3 is 15.9 Å². The molecule has 1 aliphatic carbocycles. The van der Waals surface area contributed by atoms with Gasteiger partial charge in [0.1, 0.15) is 18.0 Å². The van der Waals surface area contributed by atoms with Crippen LogP contribution in [-0.4, -0.2) is 38.4 Å². The molecular formula is C10H13F2N3O3. The fraction of sp³-hybridized carbons (Fsp3) is 0.600. The van der Waals surface area contributed by atoms with E-state index in [9.17, 15) is 18.7 Å². The van der Waals surface area contributed by atoms with Gasteiger partial charge in [-0.05, 0) is 12.5 Å². The molecule has 0 unspecified atom stereocenters. The van der Waals surface area contributed by atoms with Gasteiger partial charge in [-0.2, -0.15) is 4.98 Å². The van der Waals surface area contributed by atoms with Gasteiger partial charge in [0.25, 0.3) is 5.92 Å². The van der Waals surface area contributed by atoms with E-state index in [0.29, 0.717) is 0 Å². The van der Waals surface area contributed by atoms with E-state index in [2.05, 4.69) is 4.98 Å². The van der Waals surface area contributed by atoms with Gasteiger partial charge in [-0.25, -0.2) is 13.6 Å². The van der Waals surface area contributed by atoms with Crippen LogP contribution >= 0.6 is 0 Å². The van der Waals surface area contributed by atoms with Crippen molar-refractivity contribution in [2.24, 2.45) is 5.92 Å². The summed E-state index contributed by atoms with van der Waals surface area (Å²) in [5, 5.41) is 18.4. The van der Waals surface area contributed by atoms with E-state index in [1.807, 2.05) is 0 Å². The van der Waals surface area contributed by atoms with Gasteiger partial charge in [0.2, 0.25) is 0 Å². The third-order valence-corrected chi connectivity index (χ3v) is 3.23. The molecule has 8 heteroatoms. The lowest BCUT2D eigenvalue weighted by molar-refractivity contribution is -0.123. The Morgan fingerprint density at radius 2 is 2.28 bits per heavy atom. The summed E-state index contributed by atoms with van der Waals surface area (Å²) in [6.45, 7) is -0.565. The first kappa shape index (κ1) is 12.9. The van der Waals surface area contributed by atoms with Gasteiger partial charge in [0, 0.05) is 18.7 Å². The topological polar surface area (TPSA) is 101 Å². The lowest BCUT2D eigenvalue weighted by atomic mass is 10.1. The van der Waals surface area contributed by atoms with E-state index in [0.717, 1.165) is 10.8 Å². The SMILES string of the molecule is Nc1ccn([C@@H]2C[C@H](CO)[C@H](O)C2(F)F)c(=O)n1. The molecule has 1 heterocycles. The summed E-state index contributed by atoms with van der Waals surface area (Å²) in [5.74, 6) is -4.51. The van der Waals surface area contributed by atoms with Crippen LogP contribution in [0.4, 0.5) is 14.6 Å². The molecule has 0 aliphatic heterocycles. The molecule has 0 spiro atoms. The van der Waals surface area contributed by atoms with Crippen molar-refractivity contribution in [2.75, 3.05) is 12.3 Å². The highest BCUT2D eigenvalue weighted by atomic mass is 19.3. The molecular weight excluding hydrogens is 248 g/mol. The highest BCUT2D eigenvalue weighted by Gasteiger charge is 2.57. The zero-order valence-corrected chi connectivity index (χ0v) is 9.33. The average molecular weight is 261 g/mol. The monoisotopic (exact) mass is 261 g/mol. The first-order chi connectivity index (χ1) is 8.37. The zero-order valence-electron chi connectivity index (χ0n) is 9.33. The Balaban J connectivity index is 2.42. The molecule has 0 bridgehead atoms. The summed E-state index contributed by atoms with van der Waals surface area (Å²) >= 11 is 0. The van der Waals surface area contributed by atoms with Crippen LogP contribution in [0.5, 0.6) is 0 Å².